The van der Waals surface area contributed by atoms with Crippen molar-refractivity contribution in [2.75, 3.05) is 0 Å². The number of aryl methyl sites for hydroxylation is 1. The largest absolute Gasteiger partial charge is 0.331 e. The average Bonchev–Trinajstić information content (AvgIpc) is 3.05. The zero-order valence-corrected chi connectivity index (χ0v) is 14.1. The lowest BCUT2D eigenvalue weighted by atomic mass is 9.95. The number of rotatable bonds is 2. The summed E-state index contributed by atoms with van der Waals surface area (Å²) in [5.74, 6) is -0.358. The van der Waals surface area contributed by atoms with Crippen LogP contribution in [0.15, 0.2) is 16.9 Å². The van der Waals surface area contributed by atoms with Crippen LogP contribution in [0, 0.1) is 0 Å². The summed E-state index contributed by atoms with van der Waals surface area (Å²) in [5, 5.41) is 4.06. The zero-order valence-electron chi connectivity index (χ0n) is 14.1. The highest BCUT2D eigenvalue weighted by molar-refractivity contribution is 6.02. The summed E-state index contributed by atoms with van der Waals surface area (Å²) in [6.07, 6.45) is 3.60. The van der Waals surface area contributed by atoms with Gasteiger partial charge in [-0.05, 0) is 31.7 Å². The predicted molar refractivity (Wildman–Crippen MR) is 86.6 cm³/mol. The minimum absolute atomic E-state index is 0.0106. The van der Waals surface area contributed by atoms with Gasteiger partial charge in [-0.3, -0.25) is 24.1 Å². The number of hydrogen-bond acceptors (Lipinski definition) is 5. The van der Waals surface area contributed by atoms with E-state index in [1.54, 1.807) is 0 Å². The van der Waals surface area contributed by atoms with Crippen molar-refractivity contribution in [3.8, 4) is 0 Å². The number of likely N-dealkylation sites (tertiary alicyclic amines) is 1. The minimum atomic E-state index is -0.260. The van der Waals surface area contributed by atoms with Gasteiger partial charge in [-0.2, -0.15) is 5.10 Å². The lowest BCUT2D eigenvalue weighted by molar-refractivity contribution is -0.142. The van der Waals surface area contributed by atoms with E-state index in [0.29, 0.717) is 25.7 Å². The molecule has 8 nitrogen and oxygen atoms in total. The summed E-state index contributed by atoms with van der Waals surface area (Å²) in [4.78, 5) is 51.6. The van der Waals surface area contributed by atoms with Gasteiger partial charge in [-0.25, -0.2) is 4.68 Å². The fourth-order valence-corrected chi connectivity index (χ4v) is 4.44. The van der Waals surface area contributed by atoms with Gasteiger partial charge in [0, 0.05) is 44.1 Å². The summed E-state index contributed by atoms with van der Waals surface area (Å²) in [6, 6.07) is 2.73. The van der Waals surface area contributed by atoms with Crippen molar-refractivity contribution in [2.24, 2.45) is 7.05 Å². The summed E-state index contributed by atoms with van der Waals surface area (Å²) in [6.45, 7) is 0. The van der Waals surface area contributed by atoms with Gasteiger partial charge in [0.15, 0.2) is 0 Å². The Balaban J connectivity index is 1.55. The molecule has 3 aliphatic rings. The van der Waals surface area contributed by atoms with Crippen LogP contribution in [0.3, 0.4) is 0 Å². The molecular weight excluding hydrogens is 324 g/mol. The third kappa shape index (κ3) is 2.56. The first-order chi connectivity index (χ1) is 12.0. The van der Waals surface area contributed by atoms with Crippen molar-refractivity contribution in [2.45, 2.75) is 56.7 Å². The lowest BCUT2D eigenvalue weighted by Crippen LogP contribution is -2.53. The second kappa shape index (κ2) is 5.79. The molecule has 3 amide bonds. The Hall–Kier alpha value is -2.51. The molecule has 4 heterocycles. The molecule has 2 unspecified atom stereocenters. The first kappa shape index (κ1) is 16.0. The van der Waals surface area contributed by atoms with Crippen LogP contribution >= 0.6 is 0 Å². The van der Waals surface area contributed by atoms with Crippen molar-refractivity contribution in [1.29, 1.82) is 0 Å². The van der Waals surface area contributed by atoms with E-state index in [1.807, 2.05) is 4.90 Å². The maximum absolute atomic E-state index is 12.9. The van der Waals surface area contributed by atoms with Crippen LogP contribution in [-0.4, -0.2) is 55.4 Å². The maximum Gasteiger partial charge on any atom is 0.274 e. The third-order valence-corrected chi connectivity index (χ3v) is 5.58. The zero-order chi connectivity index (χ0) is 17.7. The van der Waals surface area contributed by atoms with Crippen LogP contribution in [0.4, 0.5) is 0 Å². The van der Waals surface area contributed by atoms with E-state index in [9.17, 15) is 19.2 Å². The molecule has 3 aliphatic heterocycles. The topological polar surface area (TPSA) is 92.6 Å². The number of amides is 3. The second-order valence-electron chi connectivity index (χ2n) is 7.06. The molecule has 1 aromatic rings. The lowest BCUT2D eigenvalue weighted by Gasteiger charge is -2.41. The second-order valence-corrected chi connectivity index (χ2v) is 7.06. The van der Waals surface area contributed by atoms with Crippen molar-refractivity contribution < 1.29 is 14.4 Å². The molecule has 8 heteroatoms. The Bertz CT molecular complexity index is 787. The van der Waals surface area contributed by atoms with Gasteiger partial charge >= 0.3 is 0 Å². The highest BCUT2D eigenvalue weighted by Crippen LogP contribution is 2.39. The van der Waals surface area contributed by atoms with Gasteiger partial charge in [0.2, 0.25) is 11.8 Å². The molecule has 132 valence electrons. The standard InChI is InChI=1S/C17H20N4O4/c1-19-14(22)5-4-13(18-19)17(25)20-10-2-3-11(20)9-12(8-10)21-15(23)6-7-16(21)24/h4-5,10-12H,2-3,6-9H2,1H3. The number of piperidine rings is 1. The van der Waals surface area contributed by atoms with E-state index < -0.39 is 0 Å². The van der Waals surface area contributed by atoms with Crippen molar-refractivity contribution in [1.82, 2.24) is 19.6 Å². The van der Waals surface area contributed by atoms with E-state index in [1.165, 1.54) is 24.1 Å². The van der Waals surface area contributed by atoms with Crippen LogP contribution in [-0.2, 0) is 16.6 Å². The molecule has 2 atom stereocenters. The highest BCUT2D eigenvalue weighted by atomic mass is 16.2. The van der Waals surface area contributed by atoms with Crippen LogP contribution in [0.2, 0.25) is 0 Å². The first-order valence-corrected chi connectivity index (χ1v) is 8.67. The van der Waals surface area contributed by atoms with E-state index >= 15 is 0 Å². The Labute approximate surface area is 144 Å². The van der Waals surface area contributed by atoms with Gasteiger partial charge in [0.1, 0.15) is 5.69 Å². The molecule has 25 heavy (non-hydrogen) atoms. The number of nitrogens with zero attached hydrogens (tertiary/aromatic N) is 4. The van der Waals surface area contributed by atoms with Gasteiger partial charge in [-0.15, -0.1) is 0 Å². The average molecular weight is 344 g/mol. The summed E-state index contributed by atoms with van der Waals surface area (Å²) >= 11 is 0. The fraction of sp³-hybridized carbons (Fsp3) is 0.588. The third-order valence-electron chi connectivity index (χ3n) is 5.58. The van der Waals surface area contributed by atoms with E-state index in [-0.39, 0.29) is 47.1 Å². The number of carbonyl (C=O) groups excluding carboxylic acids is 3. The molecule has 0 saturated carbocycles. The number of aromatic nitrogens is 2. The molecule has 3 saturated heterocycles. The van der Waals surface area contributed by atoms with Gasteiger partial charge in [0.05, 0.1) is 0 Å². The molecule has 3 fully saturated rings. The van der Waals surface area contributed by atoms with Gasteiger partial charge in [0.25, 0.3) is 11.5 Å². The molecule has 4 rings (SSSR count). The monoisotopic (exact) mass is 344 g/mol. The van der Waals surface area contributed by atoms with Crippen LogP contribution < -0.4 is 5.56 Å². The van der Waals surface area contributed by atoms with E-state index in [0.717, 1.165) is 17.5 Å². The molecule has 2 bridgehead atoms. The Kier molecular flexibility index (Phi) is 3.70. The smallest absolute Gasteiger partial charge is 0.274 e. The summed E-state index contributed by atoms with van der Waals surface area (Å²) < 4.78 is 1.16. The Morgan fingerprint density at radius 1 is 1.00 bits per heavy atom. The number of imide groups is 1. The van der Waals surface area contributed by atoms with Crippen LogP contribution in [0.1, 0.15) is 49.0 Å². The van der Waals surface area contributed by atoms with E-state index in [4.69, 9.17) is 0 Å². The van der Waals surface area contributed by atoms with Crippen molar-refractivity contribution in [3.63, 3.8) is 0 Å². The Morgan fingerprint density at radius 2 is 1.60 bits per heavy atom. The molecule has 0 radical (unpaired) electrons. The minimum Gasteiger partial charge on any atom is -0.331 e. The molecule has 1 aromatic heterocycles. The quantitative estimate of drug-likeness (QED) is 0.708. The van der Waals surface area contributed by atoms with Crippen LogP contribution in [0.25, 0.3) is 0 Å². The SMILES string of the molecule is Cn1nc(C(=O)N2C3CCC2CC(N2C(=O)CCC2=O)C3)ccc1=O. The highest BCUT2D eigenvalue weighted by Gasteiger charge is 2.48. The Morgan fingerprint density at radius 3 is 2.16 bits per heavy atom. The summed E-state index contributed by atoms with van der Waals surface area (Å²) in [5.41, 5.74) is -0.00457. The van der Waals surface area contributed by atoms with Gasteiger partial charge < -0.3 is 4.90 Å². The predicted octanol–water partition coefficient (Wildman–Crippen LogP) is 0.0649. The molecule has 0 aromatic carbocycles. The molecule has 0 aliphatic carbocycles. The normalized spacial score (nSPS) is 28.8. The molecular formula is C17H20N4O4. The van der Waals surface area contributed by atoms with Crippen LogP contribution in [0.5, 0.6) is 0 Å². The number of fused-ring (bicyclic) bond motifs is 2. The van der Waals surface area contributed by atoms with Crippen molar-refractivity contribution in [3.05, 3.63) is 28.2 Å². The molecule has 0 spiro atoms. The molecule has 0 N–H and O–H groups in total. The number of carbonyl (C=O) groups is 3. The van der Waals surface area contributed by atoms with E-state index in [2.05, 4.69) is 5.10 Å². The first-order valence-electron chi connectivity index (χ1n) is 8.67. The summed E-state index contributed by atoms with van der Waals surface area (Å²) in [7, 11) is 1.52. The maximum atomic E-state index is 12.9. The fourth-order valence-electron chi connectivity index (χ4n) is 4.44. The number of hydrogen-bond donors (Lipinski definition) is 0. The van der Waals surface area contributed by atoms with Crippen molar-refractivity contribution >= 4 is 17.7 Å². The van der Waals surface area contributed by atoms with Gasteiger partial charge in [-0.1, -0.05) is 0 Å².